The Labute approximate surface area is 116 Å². The van der Waals surface area contributed by atoms with Crippen LogP contribution >= 0.6 is 0 Å². The first-order valence-electron chi connectivity index (χ1n) is 6.64. The number of anilines is 1. The smallest absolute Gasteiger partial charge is 0.226 e. The Morgan fingerprint density at radius 2 is 2.00 bits per heavy atom. The van der Waals surface area contributed by atoms with Crippen molar-refractivity contribution < 1.29 is 4.39 Å². The van der Waals surface area contributed by atoms with Gasteiger partial charge in [0.1, 0.15) is 5.69 Å². The van der Waals surface area contributed by atoms with Gasteiger partial charge in [0.2, 0.25) is 5.95 Å². The Morgan fingerprint density at radius 1 is 1.25 bits per heavy atom. The first kappa shape index (κ1) is 13.0. The van der Waals surface area contributed by atoms with E-state index in [4.69, 9.17) is 0 Å². The molecular formula is C13H17FN6. The van der Waals surface area contributed by atoms with E-state index in [2.05, 4.69) is 25.3 Å². The highest BCUT2D eigenvalue weighted by atomic mass is 19.1. The summed E-state index contributed by atoms with van der Waals surface area (Å²) in [5, 5.41) is 7.41. The van der Waals surface area contributed by atoms with Crippen LogP contribution in [0.15, 0.2) is 12.4 Å². The zero-order chi connectivity index (χ0) is 14.1. The van der Waals surface area contributed by atoms with Gasteiger partial charge in [0.15, 0.2) is 5.82 Å². The van der Waals surface area contributed by atoms with Gasteiger partial charge in [-0.3, -0.25) is 4.68 Å². The second-order valence-corrected chi connectivity index (χ2v) is 4.90. The third kappa shape index (κ3) is 2.24. The van der Waals surface area contributed by atoms with Crippen LogP contribution in [0.1, 0.15) is 5.56 Å². The van der Waals surface area contributed by atoms with E-state index >= 15 is 0 Å². The van der Waals surface area contributed by atoms with Crippen LogP contribution in [0, 0.1) is 12.7 Å². The molecule has 6 nitrogen and oxygen atoms in total. The van der Waals surface area contributed by atoms with Crippen molar-refractivity contribution in [3.8, 4) is 11.4 Å². The Bertz CT molecular complexity index is 598. The summed E-state index contributed by atoms with van der Waals surface area (Å²) < 4.78 is 15.7. The molecule has 0 aromatic carbocycles. The van der Waals surface area contributed by atoms with Crippen LogP contribution in [-0.2, 0) is 7.05 Å². The third-order valence-electron chi connectivity index (χ3n) is 3.48. The van der Waals surface area contributed by atoms with Crippen molar-refractivity contribution in [2.75, 3.05) is 31.1 Å². The molecule has 1 saturated heterocycles. The number of halogens is 1. The monoisotopic (exact) mass is 276 g/mol. The quantitative estimate of drug-likeness (QED) is 0.876. The molecule has 1 aliphatic heterocycles. The molecular weight excluding hydrogens is 259 g/mol. The fourth-order valence-electron chi connectivity index (χ4n) is 2.43. The van der Waals surface area contributed by atoms with Gasteiger partial charge in [-0.15, -0.1) is 0 Å². The summed E-state index contributed by atoms with van der Waals surface area (Å²) in [4.78, 5) is 10.6. The average Bonchev–Trinajstić information content (AvgIpc) is 2.80. The van der Waals surface area contributed by atoms with Crippen molar-refractivity contribution >= 4 is 5.95 Å². The molecule has 3 rings (SSSR count). The van der Waals surface area contributed by atoms with E-state index in [1.165, 1.54) is 6.20 Å². The molecule has 106 valence electrons. The lowest BCUT2D eigenvalue weighted by Gasteiger charge is -2.27. The molecule has 0 radical (unpaired) electrons. The molecule has 1 fully saturated rings. The number of aromatic nitrogens is 4. The van der Waals surface area contributed by atoms with Gasteiger partial charge in [0.05, 0.1) is 18.1 Å². The number of nitrogens with one attached hydrogen (secondary N) is 1. The predicted molar refractivity (Wildman–Crippen MR) is 74.0 cm³/mol. The SMILES string of the molecule is Cc1cnn(C)c1-c1nc(N2CCNCC2)ncc1F. The normalized spacial score (nSPS) is 15.7. The van der Waals surface area contributed by atoms with Crippen molar-refractivity contribution in [1.82, 2.24) is 25.1 Å². The molecule has 0 spiro atoms. The average molecular weight is 276 g/mol. The minimum atomic E-state index is -0.421. The summed E-state index contributed by atoms with van der Waals surface area (Å²) >= 11 is 0. The number of hydrogen-bond acceptors (Lipinski definition) is 5. The number of hydrogen-bond donors (Lipinski definition) is 1. The Morgan fingerprint density at radius 3 is 2.65 bits per heavy atom. The van der Waals surface area contributed by atoms with Crippen LogP contribution in [0.4, 0.5) is 10.3 Å². The van der Waals surface area contributed by atoms with Crippen LogP contribution in [0.5, 0.6) is 0 Å². The first-order chi connectivity index (χ1) is 9.66. The minimum absolute atomic E-state index is 0.311. The maximum absolute atomic E-state index is 14.1. The van der Waals surface area contributed by atoms with Crippen LogP contribution in [0.25, 0.3) is 11.4 Å². The van der Waals surface area contributed by atoms with E-state index in [0.717, 1.165) is 31.7 Å². The lowest BCUT2D eigenvalue weighted by molar-refractivity contribution is 0.573. The summed E-state index contributed by atoms with van der Waals surface area (Å²) in [5.74, 6) is 0.152. The molecule has 0 aliphatic carbocycles. The van der Waals surface area contributed by atoms with Gasteiger partial charge in [-0.1, -0.05) is 0 Å². The van der Waals surface area contributed by atoms with Crippen molar-refractivity contribution in [1.29, 1.82) is 0 Å². The summed E-state index contributed by atoms with van der Waals surface area (Å²) in [6.07, 6.45) is 2.95. The van der Waals surface area contributed by atoms with E-state index in [1.807, 2.05) is 6.92 Å². The molecule has 0 amide bonds. The molecule has 20 heavy (non-hydrogen) atoms. The van der Waals surface area contributed by atoms with E-state index in [1.54, 1.807) is 17.9 Å². The fraction of sp³-hybridized carbons (Fsp3) is 0.462. The van der Waals surface area contributed by atoms with Crippen molar-refractivity contribution in [3.63, 3.8) is 0 Å². The van der Waals surface area contributed by atoms with E-state index in [-0.39, 0.29) is 0 Å². The van der Waals surface area contributed by atoms with Crippen LogP contribution in [0.3, 0.4) is 0 Å². The highest BCUT2D eigenvalue weighted by molar-refractivity contribution is 5.60. The largest absolute Gasteiger partial charge is 0.338 e. The summed E-state index contributed by atoms with van der Waals surface area (Å²) in [6.45, 7) is 5.33. The van der Waals surface area contributed by atoms with Gasteiger partial charge < -0.3 is 10.2 Å². The molecule has 0 bridgehead atoms. The molecule has 3 heterocycles. The van der Waals surface area contributed by atoms with Gasteiger partial charge in [-0.2, -0.15) is 5.10 Å². The molecule has 0 atom stereocenters. The lowest BCUT2D eigenvalue weighted by atomic mass is 10.2. The predicted octanol–water partition coefficient (Wildman–Crippen LogP) is 0.734. The molecule has 0 saturated carbocycles. The van der Waals surface area contributed by atoms with Crippen LogP contribution in [0.2, 0.25) is 0 Å². The third-order valence-corrected chi connectivity index (χ3v) is 3.48. The van der Waals surface area contributed by atoms with Gasteiger partial charge in [0, 0.05) is 33.2 Å². The molecule has 1 aliphatic rings. The fourth-order valence-corrected chi connectivity index (χ4v) is 2.43. The maximum Gasteiger partial charge on any atom is 0.226 e. The van der Waals surface area contributed by atoms with E-state index in [0.29, 0.717) is 17.3 Å². The second kappa shape index (κ2) is 5.16. The Kier molecular flexibility index (Phi) is 3.35. The summed E-state index contributed by atoms with van der Waals surface area (Å²) in [7, 11) is 1.79. The van der Waals surface area contributed by atoms with Gasteiger partial charge in [-0.25, -0.2) is 14.4 Å². The zero-order valence-electron chi connectivity index (χ0n) is 11.6. The topological polar surface area (TPSA) is 58.9 Å². The summed E-state index contributed by atoms with van der Waals surface area (Å²) in [6, 6.07) is 0. The number of piperazine rings is 1. The van der Waals surface area contributed by atoms with Gasteiger partial charge in [0.25, 0.3) is 0 Å². The highest BCUT2D eigenvalue weighted by Crippen LogP contribution is 2.24. The van der Waals surface area contributed by atoms with Gasteiger partial charge >= 0.3 is 0 Å². The molecule has 2 aromatic heterocycles. The lowest BCUT2D eigenvalue weighted by Crippen LogP contribution is -2.44. The zero-order valence-corrected chi connectivity index (χ0v) is 11.6. The van der Waals surface area contributed by atoms with E-state index < -0.39 is 5.82 Å². The highest BCUT2D eigenvalue weighted by Gasteiger charge is 2.19. The number of aryl methyl sites for hydroxylation is 2. The Balaban J connectivity index is 2.03. The Hall–Kier alpha value is -2.02. The van der Waals surface area contributed by atoms with Crippen molar-refractivity contribution in [3.05, 3.63) is 23.8 Å². The molecule has 1 N–H and O–H groups in total. The number of rotatable bonds is 2. The second-order valence-electron chi connectivity index (χ2n) is 4.90. The van der Waals surface area contributed by atoms with Crippen LogP contribution < -0.4 is 10.2 Å². The molecule has 2 aromatic rings. The molecule has 0 unspecified atom stereocenters. The summed E-state index contributed by atoms with van der Waals surface area (Å²) in [5.41, 5.74) is 1.91. The van der Waals surface area contributed by atoms with Crippen molar-refractivity contribution in [2.45, 2.75) is 6.92 Å². The van der Waals surface area contributed by atoms with Gasteiger partial charge in [-0.05, 0) is 12.5 Å². The minimum Gasteiger partial charge on any atom is -0.338 e. The number of nitrogens with zero attached hydrogens (tertiary/aromatic N) is 5. The standard InChI is InChI=1S/C13H17FN6/c1-9-7-17-19(2)12(9)11-10(14)8-16-13(18-11)20-5-3-15-4-6-20/h7-8,15H,3-6H2,1-2H3. The van der Waals surface area contributed by atoms with Crippen LogP contribution in [-0.4, -0.2) is 45.9 Å². The maximum atomic E-state index is 14.1. The van der Waals surface area contributed by atoms with Crippen molar-refractivity contribution in [2.24, 2.45) is 7.05 Å². The molecule has 7 heteroatoms. The van der Waals surface area contributed by atoms with E-state index in [9.17, 15) is 4.39 Å². The first-order valence-corrected chi connectivity index (χ1v) is 6.64.